The van der Waals surface area contributed by atoms with E-state index in [1.165, 1.54) is 16.2 Å². The molecule has 0 spiro atoms. The molecule has 1 fully saturated rings. The fraction of sp³-hybridized carbons (Fsp3) is 0.353. The smallest absolute Gasteiger partial charge is 0.329 e. The first-order chi connectivity index (χ1) is 11.4. The summed E-state index contributed by atoms with van der Waals surface area (Å²) in [6.45, 7) is 2.09. The fourth-order valence-electron chi connectivity index (χ4n) is 2.95. The molecule has 3 rings (SSSR count). The molecule has 1 aromatic heterocycles. The van der Waals surface area contributed by atoms with Gasteiger partial charge >= 0.3 is 5.97 Å². The number of rotatable bonds is 4. The van der Waals surface area contributed by atoms with E-state index in [2.05, 4.69) is 4.98 Å². The summed E-state index contributed by atoms with van der Waals surface area (Å²) in [5.41, 5.74) is 0.501. The van der Waals surface area contributed by atoms with Crippen LogP contribution in [-0.4, -0.2) is 39.0 Å². The Bertz CT molecular complexity index is 774. The van der Waals surface area contributed by atoms with Gasteiger partial charge in [0.15, 0.2) is 0 Å². The number of aromatic nitrogens is 1. The molecule has 1 aliphatic heterocycles. The highest BCUT2D eigenvalue weighted by Gasteiger charge is 2.45. The van der Waals surface area contributed by atoms with Gasteiger partial charge in [-0.3, -0.25) is 4.79 Å². The molecule has 1 unspecified atom stereocenters. The maximum Gasteiger partial charge on any atom is 0.329 e. The van der Waals surface area contributed by atoms with Crippen LogP contribution >= 0.6 is 22.9 Å². The molecule has 0 saturated carbocycles. The second-order valence-electron chi connectivity index (χ2n) is 6.06. The standard InChI is InChI=1S/C17H17ClN2O3S/c1-17(16(22)23)7-2-8-20(17)14(21)9-13-10-24-15(19-13)11-3-5-12(18)6-4-11/h3-6,10H,2,7-9H2,1H3,(H,22,23). The van der Waals surface area contributed by atoms with E-state index in [1.807, 2.05) is 17.5 Å². The molecule has 1 aliphatic rings. The Hall–Kier alpha value is -1.92. The predicted octanol–water partition coefficient (Wildman–Crippen LogP) is 3.47. The number of aliphatic carboxylic acids is 1. The van der Waals surface area contributed by atoms with E-state index >= 15 is 0 Å². The Balaban J connectivity index is 1.74. The van der Waals surface area contributed by atoms with Gasteiger partial charge in [0.1, 0.15) is 10.5 Å². The first-order valence-corrected chi connectivity index (χ1v) is 8.90. The minimum atomic E-state index is -1.11. The van der Waals surface area contributed by atoms with Crippen LogP contribution in [0.2, 0.25) is 5.02 Å². The molecule has 1 saturated heterocycles. The Morgan fingerprint density at radius 3 is 2.75 bits per heavy atom. The van der Waals surface area contributed by atoms with Crippen molar-refractivity contribution in [3.63, 3.8) is 0 Å². The van der Waals surface area contributed by atoms with Crippen LogP contribution in [0.15, 0.2) is 29.6 Å². The zero-order valence-corrected chi connectivity index (χ0v) is 14.7. The molecule has 7 heteroatoms. The van der Waals surface area contributed by atoms with E-state index in [0.717, 1.165) is 10.6 Å². The van der Waals surface area contributed by atoms with Gasteiger partial charge in [0.25, 0.3) is 0 Å². The summed E-state index contributed by atoms with van der Waals surface area (Å²) in [4.78, 5) is 30.0. The molecule has 24 heavy (non-hydrogen) atoms. The van der Waals surface area contributed by atoms with Gasteiger partial charge < -0.3 is 10.0 Å². The minimum absolute atomic E-state index is 0.118. The van der Waals surface area contributed by atoms with Gasteiger partial charge in [-0.1, -0.05) is 23.7 Å². The van der Waals surface area contributed by atoms with Gasteiger partial charge in [-0.15, -0.1) is 11.3 Å². The number of nitrogens with zero attached hydrogens (tertiary/aromatic N) is 2. The van der Waals surface area contributed by atoms with Gasteiger partial charge in [0.2, 0.25) is 5.91 Å². The van der Waals surface area contributed by atoms with E-state index < -0.39 is 11.5 Å². The normalized spacial score (nSPS) is 20.3. The lowest BCUT2D eigenvalue weighted by molar-refractivity contribution is -0.155. The fourth-order valence-corrected chi connectivity index (χ4v) is 3.90. The van der Waals surface area contributed by atoms with Crippen LogP contribution in [0.3, 0.4) is 0 Å². The molecule has 0 bridgehead atoms. The summed E-state index contributed by atoms with van der Waals surface area (Å²) < 4.78 is 0. The van der Waals surface area contributed by atoms with Crippen LogP contribution in [0.5, 0.6) is 0 Å². The van der Waals surface area contributed by atoms with Crippen molar-refractivity contribution in [3.8, 4) is 10.6 Å². The second-order valence-corrected chi connectivity index (χ2v) is 7.35. The molecule has 1 amide bonds. The number of carbonyl (C=O) groups is 2. The number of carboxylic acids is 1. The Kier molecular flexibility index (Phi) is 4.60. The molecular weight excluding hydrogens is 348 g/mol. The van der Waals surface area contributed by atoms with Crippen molar-refractivity contribution in [2.24, 2.45) is 0 Å². The molecule has 1 aromatic carbocycles. The third kappa shape index (κ3) is 3.16. The molecule has 0 aliphatic carbocycles. The van der Waals surface area contributed by atoms with Crippen molar-refractivity contribution < 1.29 is 14.7 Å². The SMILES string of the molecule is CC1(C(=O)O)CCCN1C(=O)Cc1csc(-c2ccc(Cl)cc2)n1. The number of amides is 1. The third-order valence-electron chi connectivity index (χ3n) is 4.38. The van der Waals surface area contributed by atoms with Gasteiger partial charge in [-0.25, -0.2) is 9.78 Å². The maximum atomic E-state index is 12.5. The summed E-state index contributed by atoms with van der Waals surface area (Å²) in [5, 5.41) is 12.7. The van der Waals surface area contributed by atoms with Gasteiger partial charge in [0, 0.05) is 22.5 Å². The van der Waals surface area contributed by atoms with Crippen LogP contribution in [0.25, 0.3) is 10.6 Å². The number of halogens is 1. The molecule has 2 heterocycles. The molecule has 126 valence electrons. The van der Waals surface area contributed by atoms with Gasteiger partial charge in [-0.2, -0.15) is 0 Å². The summed E-state index contributed by atoms with van der Waals surface area (Å²) in [6.07, 6.45) is 1.32. The average molecular weight is 365 g/mol. The lowest BCUT2D eigenvalue weighted by Gasteiger charge is -2.31. The van der Waals surface area contributed by atoms with Crippen LogP contribution in [-0.2, 0) is 16.0 Å². The molecule has 1 N–H and O–H groups in total. The topological polar surface area (TPSA) is 70.5 Å². The number of likely N-dealkylation sites (tertiary alicyclic amines) is 1. The third-order valence-corrected chi connectivity index (χ3v) is 5.57. The van der Waals surface area contributed by atoms with Crippen molar-refractivity contribution in [2.75, 3.05) is 6.54 Å². The first kappa shape index (κ1) is 16.9. The minimum Gasteiger partial charge on any atom is -0.480 e. The van der Waals surface area contributed by atoms with Crippen molar-refractivity contribution in [2.45, 2.75) is 31.7 Å². The van der Waals surface area contributed by atoms with E-state index in [4.69, 9.17) is 11.6 Å². The number of hydrogen-bond donors (Lipinski definition) is 1. The molecule has 0 radical (unpaired) electrons. The highest BCUT2D eigenvalue weighted by atomic mass is 35.5. The Morgan fingerprint density at radius 2 is 2.08 bits per heavy atom. The largest absolute Gasteiger partial charge is 0.480 e. The zero-order chi connectivity index (χ0) is 17.3. The molecule has 1 atom stereocenters. The maximum absolute atomic E-state index is 12.5. The van der Waals surface area contributed by atoms with Crippen molar-refractivity contribution >= 4 is 34.8 Å². The quantitative estimate of drug-likeness (QED) is 0.901. The van der Waals surface area contributed by atoms with Gasteiger partial charge in [-0.05, 0) is 31.9 Å². The molecular formula is C17H17ClN2O3S. The monoisotopic (exact) mass is 364 g/mol. The Labute approximate surface area is 148 Å². The number of carbonyl (C=O) groups excluding carboxylic acids is 1. The highest BCUT2D eigenvalue weighted by molar-refractivity contribution is 7.13. The lowest BCUT2D eigenvalue weighted by atomic mass is 9.99. The average Bonchev–Trinajstić information content (AvgIpc) is 3.15. The number of hydrogen-bond acceptors (Lipinski definition) is 4. The van der Waals surface area contributed by atoms with Crippen molar-refractivity contribution in [1.29, 1.82) is 0 Å². The van der Waals surface area contributed by atoms with Crippen LogP contribution in [0.4, 0.5) is 0 Å². The first-order valence-electron chi connectivity index (χ1n) is 7.64. The van der Waals surface area contributed by atoms with Crippen LogP contribution < -0.4 is 0 Å². The van der Waals surface area contributed by atoms with E-state index in [-0.39, 0.29) is 12.3 Å². The summed E-state index contributed by atoms with van der Waals surface area (Å²) >= 11 is 7.34. The summed E-state index contributed by atoms with van der Waals surface area (Å²) in [7, 11) is 0. The second kappa shape index (κ2) is 6.53. The van der Waals surface area contributed by atoms with E-state index in [0.29, 0.717) is 30.1 Å². The van der Waals surface area contributed by atoms with Crippen molar-refractivity contribution in [1.82, 2.24) is 9.88 Å². The summed E-state index contributed by atoms with van der Waals surface area (Å²) in [6, 6.07) is 7.36. The van der Waals surface area contributed by atoms with Crippen molar-refractivity contribution in [3.05, 3.63) is 40.4 Å². The van der Waals surface area contributed by atoms with Crippen LogP contribution in [0, 0.1) is 0 Å². The van der Waals surface area contributed by atoms with E-state index in [1.54, 1.807) is 19.1 Å². The Morgan fingerprint density at radius 1 is 1.38 bits per heavy atom. The van der Waals surface area contributed by atoms with E-state index in [9.17, 15) is 14.7 Å². The lowest BCUT2D eigenvalue weighted by Crippen LogP contribution is -2.51. The predicted molar refractivity (Wildman–Crippen MR) is 93.3 cm³/mol. The molecule has 5 nitrogen and oxygen atoms in total. The number of benzene rings is 1. The van der Waals surface area contributed by atoms with Crippen LogP contribution in [0.1, 0.15) is 25.5 Å². The highest BCUT2D eigenvalue weighted by Crippen LogP contribution is 2.30. The number of carboxylic acid groups (broad SMARTS) is 1. The van der Waals surface area contributed by atoms with Gasteiger partial charge in [0.05, 0.1) is 12.1 Å². The molecule has 2 aromatic rings. The number of thiazole rings is 1. The summed E-state index contributed by atoms with van der Waals surface area (Å²) in [5.74, 6) is -1.14. The zero-order valence-electron chi connectivity index (χ0n) is 13.2.